The fourth-order valence-corrected chi connectivity index (χ4v) is 2.49. The molecule has 0 saturated carbocycles. The van der Waals surface area contributed by atoms with E-state index in [0.717, 1.165) is 23.0 Å². The Bertz CT molecular complexity index is 566. The third-order valence-electron chi connectivity index (χ3n) is 3.45. The van der Waals surface area contributed by atoms with E-state index in [1.165, 1.54) is 16.7 Å². The molecule has 1 unspecified atom stereocenters. The molecular formula is C16H20BrN3. The highest BCUT2D eigenvalue weighted by atomic mass is 79.9. The van der Waals surface area contributed by atoms with Crippen LogP contribution in [0.5, 0.6) is 0 Å². The number of halogens is 1. The van der Waals surface area contributed by atoms with Crippen LogP contribution in [-0.4, -0.2) is 11.0 Å². The molecule has 0 saturated heterocycles. The molecule has 0 amide bonds. The molecule has 0 fully saturated rings. The maximum Gasteiger partial charge on any atom is 0.0420 e. The highest BCUT2D eigenvalue weighted by Crippen LogP contribution is 2.15. The monoisotopic (exact) mass is 333 g/mol. The zero-order chi connectivity index (χ0) is 14.5. The van der Waals surface area contributed by atoms with Crippen molar-refractivity contribution in [3.05, 3.63) is 63.4 Å². The normalized spacial score (nSPS) is 12.4. The third kappa shape index (κ3) is 4.13. The van der Waals surface area contributed by atoms with Crippen LogP contribution in [0.4, 0.5) is 0 Å². The summed E-state index contributed by atoms with van der Waals surface area (Å²) in [7, 11) is 0. The minimum atomic E-state index is 0.184. The average Bonchev–Trinajstić information content (AvgIpc) is 2.44. The Hall–Kier alpha value is -1.23. The third-order valence-corrected chi connectivity index (χ3v) is 3.92. The second-order valence-electron chi connectivity index (χ2n) is 5.17. The van der Waals surface area contributed by atoms with E-state index in [0.29, 0.717) is 0 Å². The number of aromatic nitrogens is 1. The number of hydrogen-bond donors (Lipinski definition) is 2. The molecule has 20 heavy (non-hydrogen) atoms. The zero-order valence-electron chi connectivity index (χ0n) is 11.9. The molecule has 0 aliphatic rings. The number of hydrazine groups is 1. The van der Waals surface area contributed by atoms with Crippen LogP contribution in [0.15, 0.2) is 41.0 Å². The second-order valence-corrected chi connectivity index (χ2v) is 6.09. The van der Waals surface area contributed by atoms with Gasteiger partial charge >= 0.3 is 0 Å². The first-order chi connectivity index (χ1) is 9.58. The summed E-state index contributed by atoms with van der Waals surface area (Å²) in [5, 5.41) is 0. The standard InChI is InChI=1S/C16H20BrN3/c1-11-3-4-12(2)13(7-11)8-16(20-18)9-15-6-5-14(17)10-19-15/h3-7,10,16,20H,8-9,18H2,1-2H3. The summed E-state index contributed by atoms with van der Waals surface area (Å²) in [5.74, 6) is 5.70. The molecule has 0 radical (unpaired) electrons. The molecule has 3 nitrogen and oxygen atoms in total. The van der Waals surface area contributed by atoms with Crippen LogP contribution in [0, 0.1) is 13.8 Å². The molecular weight excluding hydrogens is 314 g/mol. The summed E-state index contributed by atoms with van der Waals surface area (Å²) >= 11 is 3.40. The Kier molecular flexibility index (Phi) is 5.29. The van der Waals surface area contributed by atoms with Crippen LogP contribution in [-0.2, 0) is 12.8 Å². The van der Waals surface area contributed by atoms with E-state index in [1.807, 2.05) is 18.3 Å². The van der Waals surface area contributed by atoms with E-state index >= 15 is 0 Å². The fourth-order valence-electron chi connectivity index (χ4n) is 2.26. The van der Waals surface area contributed by atoms with Gasteiger partial charge in [0.2, 0.25) is 0 Å². The number of rotatable bonds is 5. The summed E-state index contributed by atoms with van der Waals surface area (Å²) in [6.07, 6.45) is 3.54. The molecule has 1 aromatic heterocycles. The van der Waals surface area contributed by atoms with Crippen molar-refractivity contribution in [3.63, 3.8) is 0 Å². The highest BCUT2D eigenvalue weighted by Gasteiger charge is 2.11. The van der Waals surface area contributed by atoms with Gasteiger partial charge in [0.1, 0.15) is 0 Å². The van der Waals surface area contributed by atoms with Crippen molar-refractivity contribution in [2.45, 2.75) is 32.7 Å². The van der Waals surface area contributed by atoms with Crippen LogP contribution in [0.2, 0.25) is 0 Å². The molecule has 1 atom stereocenters. The van der Waals surface area contributed by atoms with Crippen molar-refractivity contribution in [1.29, 1.82) is 0 Å². The highest BCUT2D eigenvalue weighted by molar-refractivity contribution is 9.10. The first-order valence-electron chi connectivity index (χ1n) is 6.71. The Balaban J connectivity index is 2.08. The van der Waals surface area contributed by atoms with Gasteiger partial charge in [-0.15, -0.1) is 0 Å². The van der Waals surface area contributed by atoms with E-state index in [4.69, 9.17) is 5.84 Å². The van der Waals surface area contributed by atoms with Gasteiger partial charge in [-0.1, -0.05) is 23.8 Å². The van der Waals surface area contributed by atoms with Gasteiger partial charge in [0.15, 0.2) is 0 Å². The van der Waals surface area contributed by atoms with Crippen molar-refractivity contribution < 1.29 is 0 Å². The topological polar surface area (TPSA) is 50.9 Å². The summed E-state index contributed by atoms with van der Waals surface area (Å²) in [6, 6.07) is 10.8. The van der Waals surface area contributed by atoms with E-state index in [9.17, 15) is 0 Å². The minimum absolute atomic E-state index is 0.184. The summed E-state index contributed by atoms with van der Waals surface area (Å²) in [4.78, 5) is 4.41. The van der Waals surface area contributed by atoms with E-state index in [1.54, 1.807) is 0 Å². The first-order valence-corrected chi connectivity index (χ1v) is 7.50. The number of pyridine rings is 1. The fraction of sp³-hybridized carbons (Fsp3) is 0.312. The number of benzene rings is 1. The van der Waals surface area contributed by atoms with Crippen molar-refractivity contribution in [2.75, 3.05) is 0 Å². The zero-order valence-corrected chi connectivity index (χ0v) is 13.4. The van der Waals surface area contributed by atoms with Crippen LogP contribution in [0.25, 0.3) is 0 Å². The minimum Gasteiger partial charge on any atom is -0.271 e. The Morgan fingerprint density at radius 1 is 1.20 bits per heavy atom. The van der Waals surface area contributed by atoms with E-state index in [2.05, 4.69) is 58.4 Å². The maximum atomic E-state index is 5.70. The molecule has 106 valence electrons. The van der Waals surface area contributed by atoms with Gasteiger partial charge in [-0.3, -0.25) is 16.3 Å². The van der Waals surface area contributed by atoms with Gasteiger partial charge in [-0.2, -0.15) is 0 Å². The first kappa shape index (κ1) is 15.2. The molecule has 1 aromatic carbocycles. The lowest BCUT2D eigenvalue weighted by atomic mass is 9.97. The van der Waals surface area contributed by atoms with Crippen molar-refractivity contribution in [1.82, 2.24) is 10.4 Å². The Labute approximate surface area is 128 Å². The predicted molar refractivity (Wildman–Crippen MR) is 86.4 cm³/mol. The molecule has 0 aliphatic heterocycles. The summed E-state index contributed by atoms with van der Waals surface area (Å²) in [5.41, 5.74) is 7.88. The van der Waals surface area contributed by atoms with Gasteiger partial charge in [0.05, 0.1) is 0 Å². The molecule has 2 aromatic rings. The quantitative estimate of drug-likeness (QED) is 0.653. The van der Waals surface area contributed by atoms with Crippen LogP contribution in [0.1, 0.15) is 22.4 Å². The van der Waals surface area contributed by atoms with Crippen LogP contribution >= 0.6 is 15.9 Å². The Morgan fingerprint density at radius 3 is 2.65 bits per heavy atom. The second kappa shape index (κ2) is 6.97. The number of aryl methyl sites for hydroxylation is 2. The van der Waals surface area contributed by atoms with Crippen molar-refractivity contribution >= 4 is 15.9 Å². The lowest BCUT2D eigenvalue weighted by molar-refractivity contribution is 0.516. The molecule has 4 heteroatoms. The molecule has 2 rings (SSSR count). The number of nitrogens with two attached hydrogens (primary N) is 1. The largest absolute Gasteiger partial charge is 0.271 e. The lowest BCUT2D eigenvalue weighted by Gasteiger charge is -2.17. The number of nitrogens with one attached hydrogen (secondary N) is 1. The SMILES string of the molecule is Cc1ccc(C)c(CC(Cc2ccc(Br)cn2)NN)c1. The number of hydrogen-bond acceptors (Lipinski definition) is 3. The Morgan fingerprint density at radius 2 is 2.00 bits per heavy atom. The average molecular weight is 334 g/mol. The van der Waals surface area contributed by atoms with Crippen molar-refractivity contribution in [2.24, 2.45) is 5.84 Å². The molecule has 1 heterocycles. The molecule has 0 bridgehead atoms. The van der Waals surface area contributed by atoms with Gasteiger partial charge in [-0.25, -0.2) is 0 Å². The number of nitrogens with zero attached hydrogens (tertiary/aromatic N) is 1. The van der Waals surface area contributed by atoms with Crippen LogP contribution in [0.3, 0.4) is 0 Å². The van der Waals surface area contributed by atoms with Gasteiger partial charge in [0.25, 0.3) is 0 Å². The molecule has 3 N–H and O–H groups in total. The smallest absolute Gasteiger partial charge is 0.0420 e. The van der Waals surface area contributed by atoms with E-state index in [-0.39, 0.29) is 6.04 Å². The maximum absolute atomic E-state index is 5.70. The summed E-state index contributed by atoms with van der Waals surface area (Å²) in [6.45, 7) is 4.25. The van der Waals surface area contributed by atoms with Crippen molar-refractivity contribution in [3.8, 4) is 0 Å². The molecule has 0 aliphatic carbocycles. The van der Waals surface area contributed by atoms with Gasteiger partial charge in [-0.05, 0) is 59.5 Å². The van der Waals surface area contributed by atoms with Gasteiger partial charge in [0, 0.05) is 28.8 Å². The lowest BCUT2D eigenvalue weighted by Crippen LogP contribution is -2.38. The van der Waals surface area contributed by atoms with E-state index < -0.39 is 0 Å². The predicted octanol–water partition coefficient (Wildman–Crippen LogP) is 3.08. The summed E-state index contributed by atoms with van der Waals surface area (Å²) < 4.78 is 0.994. The van der Waals surface area contributed by atoms with Gasteiger partial charge < -0.3 is 0 Å². The molecule has 0 spiro atoms. The van der Waals surface area contributed by atoms with Crippen LogP contribution < -0.4 is 11.3 Å².